The van der Waals surface area contributed by atoms with Crippen LogP contribution in [-0.2, 0) is 21.3 Å². The van der Waals surface area contributed by atoms with Crippen LogP contribution in [0.4, 0.5) is 0 Å². The number of sulfonamides is 1. The summed E-state index contributed by atoms with van der Waals surface area (Å²) >= 11 is 1.55. The Morgan fingerprint density at radius 3 is 2.86 bits per heavy atom. The van der Waals surface area contributed by atoms with Crippen molar-refractivity contribution in [3.63, 3.8) is 0 Å². The number of ether oxygens (including phenoxy) is 1. The Bertz CT molecular complexity index is 614. The maximum atomic E-state index is 12.6. The van der Waals surface area contributed by atoms with E-state index < -0.39 is 15.6 Å². The molecule has 1 saturated carbocycles. The number of thiophene rings is 1. The van der Waals surface area contributed by atoms with Crippen LogP contribution in [0.15, 0.2) is 11.0 Å². The first kappa shape index (κ1) is 15.4. The number of hydrogen-bond donors (Lipinski definition) is 2. The van der Waals surface area contributed by atoms with Gasteiger partial charge in [-0.25, -0.2) is 13.1 Å². The highest BCUT2D eigenvalue weighted by atomic mass is 32.2. The fraction of sp³-hybridized carbons (Fsp3) is 0.714. The van der Waals surface area contributed by atoms with Crippen LogP contribution in [0.25, 0.3) is 0 Å². The largest absolute Gasteiger partial charge is 0.379 e. The Morgan fingerprint density at radius 2 is 2.24 bits per heavy atom. The molecule has 1 aliphatic heterocycles. The van der Waals surface area contributed by atoms with Gasteiger partial charge in [0.25, 0.3) is 0 Å². The smallest absolute Gasteiger partial charge is 0.242 e. The molecule has 1 aliphatic carbocycles. The van der Waals surface area contributed by atoms with Crippen molar-refractivity contribution < 1.29 is 13.2 Å². The predicted octanol–water partition coefficient (Wildman–Crippen LogP) is 1.77. The van der Waals surface area contributed by atoms with Crippen LogP contribution < -0.4 is 10.0 Å². The van der Waals surface area contributed by atoms with Crippen LogP contribution in [0.1, 0.15) is 35.9 Å². The molecule has 0 bridgehead atoms. The maximum Gasteiger partial charge on any atom is 0.242 e. The summed E-state index contributed by atoms with van der Waals surface area (Å²) in [5, 5.41) is 3.42. The standard InChI is InChI=1S/C14H22N2O3S2/c1-10-13(7-12(20-10)8-15-11-3-4-11)21(17,18)16-14(2)5-6-19-9-14/h7,11,15-16H,3-6,8-9H2,1-2H3. The van der Waals surface area contributed by atoms with E-state index in [2.05, 4.69) is 10.0 Å². The third kappa shape index (κ3) is 3.65. The summed E-state index contributed by atoms with van der Waals surface area (Å²) in [6.45, 7) is 5.57. The lowest BCUT2D eigenvalue weighted by atomic mass is 10.0. The van der Waals surface area contributed by atoms with E-state index in [-0.39, 0.29) is 0 Å². The minimum atomic E-state index is -3.48. The van der Waals surface area contributed by atoms with Crippen molar-refractivity contribution in [1.82, 2.24) is 10.0 Å². The van der Waals surface area contributed by atoms with Crippen molar-refractivity contribution in [2.45, 2.75) is 56.1 Å². The quantitative estimate of drug-likeness (QED) is 0.834. The molecule has 2 fully saturated rings. The minimum absolute atomic E-state index is 0.410. The first-order valence-electron chi connectivity index (χ1n) is 7.32. The summed E-state index contributed by atoms with van der Waals surface area (Å²) < 4.78 is 33.3. The molecule has 1 aromatic heterocycles. The van der Waals surface area contributed by atoms with Gasteiger partial charge in [0.15, 0.2) is 0 Å². The molecule has 1 aromatic rings. The molecule has 2 heterocycles. The number of rotatable bonds is 6. The zero-order chi connectivity index (χ0) is 15.1. The first-order valence-corrected chi connectivity index (χ1v) is 9.62. The van der Waals surface area contributed by atoms with Gasteiger partial charge in [-0.15, -0.1) is 11.3 Å². The zero-order valence-corrected chi connectivity index (χ0v) is 14.1. The number of hydrogen-bond acceptors (Lipinski definition) is 5. The zero-order valence-electron chi connectivity index (χ0n) is 12.4. The second kappa shape index (κ2) is 5.62. The molecule has 1 saturated heterocycles. The minimum Gasteiger partial charge on any atom is -0.379 e. The third-order valence-electron chi connectivity index (χ3n) is 3.95. The molecule has 0 radical (unpaired) electrons. The fourth-order valence-corrected chi connectivity index (χ4v) is 5.55. The fourth-order valence-electron chi connectivity index (χ4n) is 2.54. The molecule has 7 heteroatoms. The van der Waals surface area contributed by atoms with Crippen LogP contribution >= 0.6 is 11.3 Å². The molecule has 0 amide bonds. The van der Waals surface area contributed by atoms with E-state index in [4.69, 9.17) is 4.74 Å². The van der Waals surface area contributed by atoms with Gasteiger partial charge in [-0.2, -0.15) is 0 Å². The topological polar surface area (TPSA) is 67.4 Å². The van der Waals surface area contributed by atoms with Crippen molar-refractivity contribution in [2.24, 2.45) is 0 Å². The molecule has 3 rings (SSSR count). The first-order chi connectivity index (χ1) is 9.88. The highest BCUT2D eigenvalue weighted by molar-refractivity contribution is 7.89. The summed E-state index contributed by atoms with van der Waals surface area (Å²) in [6.07, 6.45) is 3.18. The lowest BCUT2D eigenvalue weighted by Gasteiger charge is -2.23. The molecule has 118 valence electrons. The van der Waals surface area contributed by atoms with Crippen LogP contribution in [0.2, 0.25) is 0 Å². The highest BCUT2D eigenvalue weighted by Crippen LogP contribution is 2.29. The van der Waals surface area contributed by atoms with Gasteiger partial charge >= 0.3 is 0 Å². The van der Waals surface area contributed by atoms with Gasteiger partial charge in [0, 0.05) is 28.9 Å². The highest BCUT2D eigenvalue weighted by Gasteiger charge is 2.35. The van der Waals surface area contributed by atoms with E-state index in [9.17, 15) is 8.42 Å². The molecule has 5 nitrogen and oxygen atoms in total. The Labute approximate surface area is 130 Å². The van der Waals surface area contributed by atoms with Gasteiger partial charge in [0.05, 0.1) is 17.0 Å². The van der Waals surface area contributed by atoms with E-state index in [1.54, 1.807) is 17.4 Å². The molecule has 2 N–H and O–H groups in total. The monoisotopic (exact) mass is 330 g/mol. The van der Waals surface area contributed by atoms with Crippen molar-refractivity contribution in [3.05, 3.63) is 15.8 Å². The second-order valence-corrected chi connectivity index (χ2v) is 9.25. The van der Waals surface area contributed by atoms with Gasteiger partial charge < -0.3 is 10.1 Å². The maximum absolute atomic E-state index is 12.6. The average Bonchev–Trinajstić information content (AvgIpc) is 3.01. The van der Waals surface area contributed by atoms with Crippen LogP contribution in [-0.4, -0.2) is 33.2 Å². The van der Waals surface area contributed by atoms with Gasteiger partial charge in [0.2, 0.25) is 10.0 Å². The van der Waals surface area contributed by atoms with Gasteiger partial charge in [-0.1, -0.05) is 0 Å². The average molecular weight is 330 g/mol. The van der Waals surface area contributed by atoms with Crippen molar-refractivity contribution in [2.75, 3.05) is 13.2 Å². The Hall–Kier alpha value is -0.470. The lowest BCUT2D eigenvalue weighted by molar-refractivity contribution is 0.178. The summed E-state index contributed by atoms with van der Waals surface area (Å²) in [5.74, 6) is 0. The second-order valence-electron chi connectivity index (χ2n) is 6.26. The van der Waals surface area contributed by atoms with Crippen molar-refractivity contribution in [3.8, 4) is 0 Å². The molecular weight excluding hydrogens is 308 g/mol. The molecule has 1 atom stereocenters. The molecule has 2 aliphatic rings. The van der Waals surface area contributed by atoms with Crippen molar-refractivity contribution >= 4 is 21.4 Å². The lowest BCUT2D eigenvalue weighted by Crippen LogP contribution is -2.46. The van der Waals surface area contributed by atoms with E-state index in [0.29, 0.717) is 30.6 Å². The summed E-state index contributed by atoms with van der Waals surface area (Å²) in [4.78, 5) is 2.33. The summed E-state index contributed by atoms with van der Waals surface area (Å²) in [6, 6.07) is 2.43. The summed E-state index contributed by atoms with van der Waals surface area (Å²) in [7, 11) is -3.48. The Morgan fingerprint density at radius 1 is 1.48 bits per heavy atom. The Kier molecular flexibility index (Phi) is 4.13. The van der Waals surface area contributed by atoms with Crippen LogP contribution in [0.3, 0.4) is 0 Å². The van der Waals surface area contributed by atoms with Crippen molar-refractivity contribution in [1.29, 1.82) is 0 Å². The van der Waals surface area contributed by atoms with E-state index in [0.717, 1.165) is 16.3 Å². The number of nitrogens with one attached hydrogen (secondary N) is 2. The number of aryl methyl sites for hydroxylation is 1. The predicted molar refractivity (Wildman–Crippen MR) is 83.1 cm³/mol. The Balaban J connectivity index is 1.74. The van der Waals surface area contributed by atoms with E-state index in [1.165, 1.54) is 12.8 Å². The molecule has 0 aromatic carbocycles. The van der Waals surface area contributed by atoms with E-state index >= 15 is 0 Å². The molecular formula is C14H22N2O3S2. The van der Waals surface area contributed by atoms with Gasteiger partial charge in [-0.3, -0.25) is 0 Å². The normalized spacial score (nSPS) is 26.4. The molecule has 21 heavy (non-hydrogen) atoms. The molecule has 0 spiro atoms. The van der Waals surface area contributed by atoms with Crippen LogP contribution in [0.5, 0.6) is 0 Å². The third-order valence-corrected chi connectivity index (χ3v) is 6.90. The SMILES string of the molecule is Cc1sc(CNC2CC2)cc1S(=O)(=O)NC1(C)CCOC1. The molecule has 1 unspecified atom stereocenters. The van der Waals surface area contributed by atoms with Gasteiger partial charge in [-0.05, 0) is 39.2 Å². The van der Waals surface area contributed by atoms with Crippen LogP contribution in [0, 0.1) is 6.92 Å². The van der Waals surface area contributed by atoms with Gasteiger partial charge in [0.1, 0.15) is 0 Å². The van der Waals surface area contributed by atoms with E-state index in [1.807, 2.05) is 13.8 Å². The summed E-state index contributed by atoms with van der Waals surface area (Å²) in [5.41, 5.74) is -0.486.